The van der Waals surface area contributed by atoms with Crippen LogP contribution in [0.15, 0.2) is 54.6 Å². The third kappa shape index (κ3) is 4.50. The average molecular weight is 305 g/mol. The Balaban J connectivity index is 1.97. The molecule has 1 unspecified atom stereocenters. The van der Waals surface area contributed by atoms with Crippen LogP contribution in [0.4, 0.5) is 0 Å². The molecular weight excluding hydrogens is 288 g/mol. The largest absolute Gasteiger partial charge is 0.482 e. The molecule has 0 bridgehead atoms. The zero-order valence-corrected chi connectivity index (χ0v) is 12.5. The average Bonchev–Trinajstić information content (AvgIpc) is 2.54. The molecule has 2 aromatic rings. The van der Waals surface area contributed by atoms with Crippen LogP contribution >= 0.6 is 11.6 Å². The Bertz CT molecular complexity index is 566. The van der Waals surface area contributed by atoms with Crippen LogP contribution < -0.4 is 4.74 Å². The number of hydrogen-bond donors (Lipinski definition) is 0. The topological polar surface area (TPSA) is 35.5 Å². The van der Waals surface area contributed by atoms with Crippen molar-refractivity contribution in [2.24, 2.45) is 0 Å². The van der Waals surface area contributed by atoms with Gasteiger partial charge in [0.1, 0.15) is 5.75 Å². The van der Waals surface area contributed by atoms with Crippen molar-refractivity contribution in [2.45, 2.75) is 12.3 Å². The van der Waals surface area contributed by atoms with E-state index >= 15 is 0 Å². The quantitative estimate of drug-likeness (QED) is 0.598. The molecule has 0 spiro atoms. The minimum atomic E-state index is -0.374. The number of esters is 1. The second-order valence-corrected chi connectivity index (χ2v) is 4.87. The van der Waals surface area contributed by atoms with Crippen molar-refractivity contribution in [3.63, 3.8) is 0 Å². The fraction of sp³-hybridized carbons (Fsp3) is 0.235. The Labute approximate surface area is 129 Å². The first-order chi connectivity index (χ1) is 10.2. The summed E-state index contributed by atoms with van der Waals surface area (Å²) in [6, 6.07) is 17.2. The summed E-state index contributed by atoms with van der Waals surface area (Å²) in [6.07, 6.45) is 0. The van der Waals surface area contributed by atoms with Crippen LogP contribution in [0.5, 0.6) is 5.75 Å². The molecule has 0 saturated carbocycles. The summed E-state index contributed by atoms with van der Waals surface area (Å²) >= 11 is 6.44. The summed E-state index contributed by atoms with van der Waals surface area (Å²) in [5, 5.41) is -0.203. The molecule has 0 radical (unpaired) electrons. The van der Waals surface area contributed by atoms with Crippen LogP contribution in [0.2, 0.25) is 0 Å². The lowest BCUT2D eigenvalue weighted by Gasteiger charge is -2.11. The first-order valence-corrected chi connectivity index (χ1v) is 7.21. The van der Waals surface area contributed by atoms with Gasteiger partial charge in [-0.3, -0.25) is 0 Å². The number of benzene rings is 2. The summed E-state index contributed by atoms with van der Waals surface area (Å²) in [5.74, 6) is 0.241. The molecule has 0 saturated heterocycles. The second-order valence-electron chi connectivity index (χ2n) is 4.44. The Hall–Kier alpha value is -2.00. The van der Waals surface area contributed by atoms with Crippen LogP contribution in [0.25, 0.3) is 0 Å². The predicted octanol–water partition coefficient (Wildman–Crippen LogP) is 3.96. The van der Waals surface area contributed by atoms with E-state index in [0.717, 1.165) is 11.1 Å². The van der Waals surface area contributed by atoms with Crippen molar-refractivity contribution >= 4 is 17.6 Å². The summed E-state index contributed by atoms with van der Waals surface area (Å²) in [6.45, 7) is 2.03. The first-order valence-electron chi connectivity index (χ1n) is 6.78. The van der Waals surface area contributed by atoms with Crippen LogP contribution in [-0.2, 0) is 9.53 Å². The lowest BCUT2D eigenvalue weighted by atomic mass is 10.0. The van der Waals surface area contributed by atoms with E-state index in [1.165, 1.54) is 0 Å². The monoisotopic (exact) mass is 304 g/mol. The van der Waals surface area contributed by atoms with Crippen molar-refractivity contribution in [2.75, 3.05) is 13.2 Å². The van der Waals surface area contributed by atoms with Gasteiger partial charge in [-0.1, -0.05) is 42.5 Å². The number of alkyl halides is 1. The van der Waals surface area contributed by atoms with Gasteiger partial charge >= 0.3 is 5.97 Å². The maximum atomic E-state index is 11.2. The van der Waals surface area contributed by atoms with Gasteiger partial charge in [-0.15, -0.1) is 11.6 Å². The van der Waals surface area contributed by atoms with Crippen molar-refractivity contribution in [1.82, 2.24) is 0 Å². The van der Waals surface area contributed by atoms with E-state index in [0.29, 0.717) is 12.4 Å². The highest BCUT2D eigenvalue weighted by molar-refractivity contribution is 6.22. The number of carbonyl (C=O) groups is 1. The number of rotatable bonds is 6. The van der Waals surface area contributed by atoms with Gasteiger partial charge in [0.2, 0.25) is 0 Å². The van der Waals surface area contributed by atoms with Gasteiger partial charge in [0.05, 0.1) is 12.0 Å². The maximum absolute atomic E-state index is 11.2. The van der Waals surface area contributed by atoms with Crippen LogP contribution in [-0.4, -0.2) is 19.2 Å². The smallest absolute Gasteiger partial charge is 0.344 e. The number of hydrogen-bond acceptors (Lipinski definition) is 3. The van der Waals surface area contributed by atoms with Gasteiger partial charge in [-0.05, 0) is 30.2 Å². The Kier molecular flexibility index (Phi) is 5.64. The molecule has 0 heterocycles. The van der Waals surface area contributed by atoms with E-state index in [2.05, 4.69) is 0 Å². The summed E-state index contributed by atoms with van der Waals surface area (Å²) in [5.41, 5.74) is 2.02. The molecule has 0 fully saturated rings. The summed E-state index contributed by atoms with van der Waals surface area (Å²) in [7, 11) is 0. The Morgan fingerprint density at radius 3 is 2.29 bits per heavy atom. The maximum Gasteiger partial charge on any atom is 0.344 e. The van der Waals surface area contributed by atoms with E-state index in [9.17, 15) is 4.79 Å². The molecule has 4 heteroatoms. The van der Waals surface area contributed by atoms with Crippen molar-refractivity contribution in [1.29, 1.82) is 0 Å². The molecule has 0 aliphatic carbocycles. The van der Waals surface area contributed by atoms with Crippen molar-refractivity contribution < 1.29 is 14.3 Å². The number of halogens is 1. The van der Waals surface area contributed by atoms with Gasteiger partial charge in [-0.25, -0.2) is 4.79 Å². The summed E-state index contributed by atoms with van der Waals surface area (Å²) < 4.78 is 10.1. The van der Waals surface area contributed by atoms with Crippen molar-refractivity contribution in [3.05, 3.63) is 65.7 Å². The van der Waals surface area contributed by atoms with E-state index in [1.54, 1.807) is 19.1 Å². The molecule has 0 aliphatic rings. The fourth-order valence-corrected chi connectivity index (χ4v) is 2.18. The zero-order valence-electron chi connectivity index (χ0n) is 11.8. The van der Waals surface area contributed by atoms with E-state index in [-0.39, 0.29) is 18.0 Å². The third-order valence-electron chi connectivity index (χ3n) is 2.93. The van der Waals surface area contributed by atoms with Gasteiger partial charge in [-0.2, -0.15) is 0 Å². The lowest BCUT2D eigenvalue weighted by molar-refractivity contribution is -0.145. The highest BCUT2D eigenvalue weighted by Gasteiger charge is 2.10. The number of ether oxygens (including phenoxy) is 2. The molecular formula is C17H17ClO3. The molecule has 0 amide bonds. The van der Waals surface area contributed by atoms with E-state index in [1.807, 2.05) is 42.5 Å². The Morgan fingerprint density at radius 2 is 1.67 bits per heavy atom. The molecule has 3 nitrogen and oxygen atoms in total. The number of carbonyl (C=O) groups excluding carboxylic acids is 1. The Morgan fingerprint density at radius 1 is 1.05 bits per heavy atom. The minimum Gasteiger partial charge on any atom is -0.482 e. The highest BCUT2D eigenvalue weighted by Crippen LogP contribution is 2.29. The van der Waals surface area contributed by atoms with Crippen LogP contribution in [0, 0.1) is 0 Å². The predicted molar refractivity (Wildman–Crippen MR) is 82.7 cm³/mol. The van der Waals surface area contributed by atoms with Crippen LogP contribution in [0.1, 0.15) is 23.4 Å². The molecule has 1 atom stereocenters. The normalized spacial score (nSPS) is 11.7. The minimum absolute atomic E-state index is 0.0871. The zero-order chi connectivity index (χ0) is 15.1. The standard InChI is InChI=1S/C17H17ClO3/c1-2-20-16(19)12-21-15-10-8-14(9-11-15)17(18)13-6-4-3-5-7-13/h3-11,17H,2,12H2,1H3. The molecule has 21 heavy (non-hydrogen) atoms. The molecule has 110 valence electrons. The SMILES string of the molecule is CCOC(=O)COc1ccc(C(Cl)c2ccccc2)cc1. The van der Waals surface area contributed by atoms with Gasteiger partial charge in [0, 0.05) is 0 Å². The molecule has 2 rings (SSSR count). The van der Waals surface area contributed by atoms with Gasteiger partial charge in [0.25, 0.3) is 0 Å². The van der Waals surface area contributed by atoms with Crippen LogP contribution in [0.3, 0.4) is 0 Å². The van der Waals surface area contributed by atoms with E-state index in [4.69, 9.17) is 21.1 Å². The fourth-order valence-electron chi connectivity index (χ4n) is 1.89. The van der Waals surface area contributed by atoms with Gasteiger partial charge < -0.3 is 9.47 Å². The van der Waals surface area contributed by atoms with E-state index < -0.39 is 0 Å². The summed E-state index contributed by atoms with van der Waals surface area (Å²) in [4.78, 5) is 11.2. The molecule has 0 aromatic heterocycles. The lowest BCUT2D eigenvalue weighted by Crippen LogP contribution is -2.14. The highest BCUT2D eigenvalue weighted by atomic mass is 35.5. The third-order valence-corrected chi connectivity index (χ3v) is 3.43. The van der Waals surface area contributed by atoms with Gasteiger partial charge in [0.15, 0.2) is 6.61 Å². The molecule has 0 N–H and O–H groups in total. The van der Waals surface area contributed by atoms with Crippen molar-refractivity contribution in [3.8, 4) is 5.75 Å². The second kappa shape index (κ2) is 7.70. The first kappa shape index (κ1) is 15.4. The molecule has 2 aromatic carbocycles. The molecule has 0 aliphatic heterocycles.